The largest absolute Gasteiger partial charge is 0.377 e. The second-order valence-corrected chi connectivity index (χ2v) is 4.46. The van der Waals surface area contributed by atoms with Crippen LogP contribution in [0.2, 0.25) is 0 Å². The SMILES string of the molecule is C1=C[C@@H](c2ccccc2)[C@@H]2OCCC[C@H]12. The van der Waals surface area contributed by atoms with Gasteiger partial charge in [0, 0.05) is 18.4 Å². The van der Waals surface area contributed by atoms with Gasteiger partial charge in [0.1, 0.15) is 0 Å². The Labute approximate surface area is 90.8 Å². The highest BCUT2D eigenvalue weighted by Crippen LogP contribution is 2.39. The summed E-state index contributed by atoms with van der Waals surface area (Å²) in [6.07, 6.45) is 7.59. The van der Waals surface area contributed by atoms with Crippen LogP contribution in [0.5, 0.6) is 0 Å². The van der Waals surface area contributed by atoms with Crippen LogP contribution in [0.4, 0.5) is 0 Å². The molecule has 1 aliphatic heterocycles. The van der Waals surface area contributed by atoms with E-state index in [9.17, 15) is 0 Å². The molecule has 1 heteroatoms. The van der Waals surface area contributed by atoms with Gasteiger partial charge in [0.15, 0.2) is 0 Å². The lowest BCUT2D eigenvalue weighted by atomic mass is 9.89. The molecule has 1 aliphatic carbocycles. The third kappa shape index (κ3) is 1.61. The van der Waals surface area contributed by atoms with Crippen molar-refractivity contribution >= 4 is 0 Å². The average Bonchev–Trinajstić information content (AvgIpc) is 2.74. The van der Waals surface area contributed by atoms with Crippen molar-refractivity contribution in [2.24, 2.45) is 5.92 Å². The summed E-state index contributed by atoms with van der Waals surface area (Å²) in [5, 5.41) is 0. The van der Waals surface area contributed by atoms with E-state index in [1.54, 1.807) is 0 Å². The highest BCUT2D eigenvalue weighted by molar-refractivity contribution is 5.30. The first-order valence-corrected chi connectivity index (χ1v) is 5.80. The molecule has 0 radical (unpaired) electrons. The van der Waals surface area contributed by atoms with Crippen LogP contribution in [0.25, 0.3) is 0 Å². The van der Waals surface area contributed by atoms with Crippen molar-refractivity contribution in [3.8, 4) is 0 Å². The maximum Gasteiger partial charge on any atom is 0.0740 e. The van der Waals surface area contributed by atoms with Crippen LogP contribution in [-0.4, -0.2) is 12.7 Å². The van der Waals surface area contributed by atoms with Crippen LogP contribution in [0.1, 0.15) is 24.3 Å². The topological polar surface area (TPSA) is 9.23 Å². The van der Waals surface area contributed by atoms with Gasteiger partial charge in [-0.15, -0.1) is 0 Å². The zero-order valence-corrected chi connectivity index (χ0v) is 8.80. The van der Waals surface area contributed by atoms with Crippen LogP contribution in [0, 0.1) is 5.92 Å². The quantitative estimate of drug-likeness (QED) is 0.633. The summed E-state index contributed by atoms with van der Waals surface area (Å²) in [5.41, 5.74) is 1.39. The van der Waals surface area contributed by atoms with E-state index in [4.69, 9.17) is 4.74 Å². The number of rotatable bonds is 1. The summed E-state index contributed by atoms with van der Waals surface area (Å²) < 4.78 is 5.91. The smallest absolute Gasteiger partial charge is 0.0740 e. The standard InChI is InChI=1S/C14H16O/c1-2-5-11(6-3-1)13-9-8-12-7-4-10-15-14(12)13/h1-3,5-6,8-9,12-14H,4,7,10H2/t12-,13+,14-/m1/s1. The van der Waals surface area contributed by atoms with E-state index in [2.05, 4.69) is 42.5 Å². The highest BCUT2D eigenvalue weighted by Gasteiger charge is 2.35. The molecule has 0 N–H and O–H groups in total. The van der Waals surface area contributed by atoms with Crippen molar-refractivity contribution in [3.63, 3.8) is 0 Å². The number of benzene rings is 1. The summed E-state index contributed by atoms with van der Waals surface area (Å²) >= 11 is 0. The molecule has 1 aromatic carbocycles. The molecule has 0 amide bonds. The zero-order chi connectivity index (χ0) is 10.1. The lowest BCUT2D eigenvalue weighted by Crippen LogP contribution is -2.29. The Morgan fingerprint density at radius 3 is 2.80 bits per heavy atom. The molecule has 0 bridgehead atoms. The molecular weight excluding hydrogens is 184 g/mol. The van der Waals surface area contributed by atoms with Crippen LogP contribution in [0.15, 0.2) is 42.5 Å². The molecule has 15 heavy (non-hydrogen) atoms. The Bertz CT molecular complexity index is 355. The predicted molar refractivity (Wildman–Crippen MR) is 60.8 cm³/mol. The van der Waals surface area contributed by atoms with E-state index >= 15 is 0 Å². The normalized spacial score (nSPS) is 34.0. The fourth-order valence-electron chi connectivity index (χ4n) is 2.75. The summed E-state index contributed by atoms with van der Waals surface area (Å²) in [6, 6.07) is 10.7. The Balaban J connectivity index is 1.86. The van der Waals surface area contributed by atoms with E-state index in [1.807, 2.05) is 0 Å². The van der Waals surface area contributed by atoms with Crippen LogP contribution >= 0.6 is 0 Å². The van der Waals surface area contributed by atoms with Crippen LogP contribution < -0.4 is 0 Å². The fourth-order valence-corrected chi connectivity index (χ4v) is 2.75. The van der Waals surface area contributed by atoms with Gasteiger partial charge in [-0.05, 0) is 18.4 Å². The highest BCUT2D eigenvalue weighted by atomic mass is 16.5. The van der Waals surface area contributed by atoms with Gasteiger partial charge in [-0.25, -0.2) is 0 Å². The fraction of sp³-hybridized carbons (Fsp3) is 0.429. The lowest BCUT2D eigenvalue weighted by molar-refractivity contribution is -0.0113. The minimum atomic E-state index is 0.404. The molecule has 3 atom stereocenters. The first-order valence-electron chi connectivity index (χ1n) is 5.80. The molecule has 0 unspecified atom stereocenters. The van der Waals surface area contributed by atoms with Crippen molar-refractivity contribution in [2.75, 3.05) is 6.61 Å². The Morgan fingerprint density at radius 1 is 1.07 bits per heavy atom. The van der Waals surface area contributed by atoms with Gasteiger partial charge in [0.05, 0.1) is 6.10 Å². The molecule has 3 rings (SSSR count). The van der Waals surface area contributed by atoms with Gasteiger partial charge in [-0.1, -0.05) is 42.5 Å². The first kappa shape index (κ1) is 9.17. The minimum Gasteiger partial charge on any atom is -0.377 e. The van der Waals surface area contributed by atoms with Gasteiger partial charge < -0.3 is 4.74 Å². The van der Waals surface area contributed by atoms with Crippen molar-refractivity contribution < 1.29 is 4.74 Å². The third-order valence-electron chi connectivity index (χ3n) is 3.52. The number of hydrogen-bond donors (Lipinski definition) is 0. The first-order chi connectivity index (χ1) is 7.45. The maximum atomic E-state index is 5.91. The maximum absolute atomic E-state index is 5.91. The van der Waals surface area contributed by atoms with Gasteiger partial charge in [0.25, 0.3) is 0 Å². The van der Waals surface area contributed by atoms with Crippen molar-refractivity contribution in [1.82, 2.24) is 0 Å². The van der Waals surface area contributed by atoms with Crippen LogP contribution in [-0.2, 0) is 4.74 Å². The number of fused-ring (bicyclic) bond motifs is 1. The molecule has 1 fully saturated rings. The molecule has 0 saturated carbocycles. The molecule has 78 valence electrons. The molecule has 0 aromatic heterocycles. The van der Waals surface area contributed by atoms with Crippen molar-refractivity contribution in [3.05, 3.63) is 48.0 Å². The number of hydrogen-bond acceptors (Lipinski definition) is 1. The van der Waals surface area contributed by atoms with Gasteiger partial charge >= 0.3 is 0 Å². The summed E-state index contributed by atoms with van der Waals surface area (Å²) in [4.78, 5) is 0. The average molecular weight is 200 g/mol. The molecule has 2 aliphatic rings. The van der Waals surface area contributed by atoms with E-state index in [1.165, 1.54) is 18.4 Å². The van der Waals surface area contributed by atoms with E-state index < -0.39 is 0 Å². The minimum absolute atomic E-state index is 0.404. The van der Waals surface area contributed by atoms with Gasteiger partial charge in [-0.3, -0.25) is 0 Å². The predicted octanol–water partition coefficient (Wildman–Crippen LogP) is 3.14. The Morgan fingerprint density at radius 2 is 1.93 bits per heavy atom. The van der Waals surface area contributed by atoms with Crippen molar-refractivity contribution in [1.29, 1.82) is 0 Å². The summed E-state index contributed by atoms with van der Waals surface area (Å²) in [7, 11) is 0. The van der Waals surface area contributed by atoms with E-state index in [0.717, 1.165) is 6.61 Å². The van der Waals surface area contributed by atoms with Gasteiger partial charge in [-0.2, -0.15) is 0 Å². The Kier molecular flexibility index (Phi) is 2.34. The second kappa shape index (κ2) is 3.82. The van der Waals surface area contributed by atoms with E-state index in [-0.39, 0.29) is 0 Å². The van der Waals surface area contributed by atoms with E-state index in [0.29, 0.717) is 17.9 Å². The lowest BCUT2D eigenvalue weighted by Gasteiger charge is -2.30. The molecule has 1 aromatic rings. The van der Waals surface area contributed by atoms with Gasteiger partial charge in [0.2, 0.25) is 0 Å². The third-order valence-corrected chi connectivity index (χ3v) is 3.52. The monoisotopic (exact) mass is 200 g/mol. The zero-order valence-electron chi connectivity index (χ0n) is 8.80. The number of ether oxygens (including phenoxy) is 1. The van der Waals surface area contributed by atoms with Crippen LogP contribution in [0.3, 0.4) is 0 Å². The molecule has 1 saturated heterocycles. The molecule has 0 spiro atoms. The van der Waals surface area contributed by atoms with Crippen molar-refractivity contribution in [2.45, 2.75) is 24.9 Å². The Hall–Kier alpha value is -1.08. The summed E-state index contributed by atoms with van der Waals surface area (Å²) in [6.45, 7) is 0.937. The second-order valence-electron chi connectivity index (χ2n) is 4.46. The summed E-state index contributed by atoms with van der Waals surface area (Å²) in [5.74, 6) is 1.14. The molecule has 1 heterocycles. The molecule has 1 nitrogen and oxygen atoms in total. The molecular formula is C14H16O.